The first-order valence-electron chi connectivity index (χ1n) is 5.61. The van der Waals surface area contributed by atoms with E-state index < -0.39 is 0 Å². The van der Waals surface area contributed by atoms with Gasteiger partial charge in [-0.3, -0.25) is 0 Å². The molecule has 1 unspecified atom stereocenters. The average molecular weight is 223 g/mol. The lowest BCUT2D eigenvalue weighted by Crippen LogP contribution is -2.02. The topological polar surface area (TPSA) is 49.6 Å². The van der Waals surface area contributed by atoms with Gasteiger partial charge in [-0.1, -0.05) is 31.2 Å². The van der Waals surface area contributed by atoms with Gasteiger partial charge in [0.25, 0.3) is 0 Å². The lowest BCUT2D eigenvalue weighted by atomic mass is 9.96. The van der Waals surface area contributed by atoms with Crippen LogP contribution in [0.1, 0.15) is 29.7 Å². The van der Waals surface area contributed by atoms with E-state index in [2.05, 4.69) is 35.3 Å². The van der Waals surface area contributed by atoms with Gasteiger partial charge >= 0.3 is 0 Å². The van der Waals surface area contributed by atoms with Crippen molar-refractivity contribution in [1.82, 2.24) is 10.2 Å². The number of nitriles is 1. The first-order chi connectivity index (χ1) is 8.35. The van der Waals surface area contributed by atoms with Crippen molar-refractivity contribution in [2.75, 3.05) is 0 Å². The third-order valence-corrected chi connectivity index (χ3v) is 2.74. The summed E-state index contributed by atoms with van der Waals surface area (Å²) in [5, 5.41) is 17.0. The minimum absolute atomic E-state index is 0.338. The Kier molecular flexibility index (Phi) is 3.46. The SMILES string of the molecule is CCc1ccc(C(C#N)c2cccnn2)cc1. The van der Waals surface area contributed by atoms with Gasteiger partial charge in [-0.15, -0.1) is 0 Å². The molecule has 84 valence electrons. The van der Waals surface area contributed by atoms with Crippen LogP contribution in [0.25, 0.3) is 0 Å². The third kappa shape index (κ3) is 2.48. The van der Waals surface area contributed by atoms with Crippen LogP contribution >= 0.6 is 0 Å². The summed E-state index contributed by atoms with van der Waals surface area (Å²) < 4.78 is 0. The van der Waals surface area contributed by atoms with Crippen LogP contribution in [0.15, 0.2) is 42.6 Å². The summed E-state index contributed by atoms with van der Waals surface area (Å²) in [4.78, 5) is 0. The van der Waals surface area contributed by atoms with E-state index in [1.165, 1.54) is 5.56 Å². The molecule has 3 heteroatoms. The molecule has 0 aliphatic heterocycles. The number of rotatable bonds is 3. The molecule has 2 aromatic rings. The van der Waals surface area contributed by atoms with Gasteiger partial charge < -0.3 is 0 Å². The van der Waals surface area contributed by atoms with Gasteiger partial charge in [0.2, 0.25) is 0 Å². The minimum atomic E-state index is -0.338. The summed E-state index contributed by atoms with van der Waals surface area (Å²) in [6.07, 6.45) is 2.61. The summed E-state index contributed by atoms with van der Waals surface area (Å²) in [6.45, 7) is 2.11. The van der Waals surface area contributed by atoms with Gasteiger partial charge in [0.05, 0.1) is 11.8 Å². The second-order valence-corrected chi connectivity index (χ2v) is 3.81. The maximum atomic E-state index is 9.24. The summed E-state index contributed by atoms with van der Waals surface area (Å²) in [5.74, 6) is -0.338. The molecule has 1 aromatic heterocycles. The number of nitrogens with zero attached hydrogens (tertiary/aromatic N) is 3. The predicted molar refractivity (Wildman–Crippen MR) is 65.3 cm³/mol. The normalized spacial score (nSPS) is 11.8. The van der Waals surface area contributed by atoms with E-state index in [1.54, 1.807) is 12.3 Å². The Labute approximate surface area is 101 Å². The molecule has 1 heterocycles. The Morgan fingerprint density at radius 3 is 2.53 bits per heavy atom. The number of benzene rings is 1. The first-order valence-corrected chi connectivity index (χ1v) is 5.61. The van der Waals surface area contributed by atoms with E-state index >= 15 is 0 Å². The lowest BCUT2D eigenvalue weighted by molar-refractivity contribution is 0.883. The van der Waals surface area contributed by atoms with Crippen molar-refractivity contribution >= 4 is 0 Å². The largest absolute Gasteiger partial charge is 0.197 e. The number of hydrogen-bond donors (Lipinski definition) is 0. The first kappa shape index (κ1) is 11.3. The van der Waals surface area contributed by atoms with Crippen LogP contribution in [0.3, 0.4) is 0 Å². The Morgan fingerprint density at radius 1 is 1.24 bits per heavy atom. The molecule has 0 bridgehead atoms. The van der Waals surface area contributed by atoms with Crippen molar-refractivity contribution in [3.8, 4) is 6.07 Å². The fraction of sp³-hybridized carbons (Fsp3) is 0.214. The molecule has 0 fully saturated rings. The van der Waals surface area contributed by atoms with E-state index in [0.29, 0.717) is 5.69 Å². The molecule has 0 saturated heterocycles. The average Bonchev–Trinajstić information content (AvgIpc) is 2.42. The highest BCUT2D eigenvalue weighted by molar-refractivity contribution is 5.35. The fourth-order valence-corrected chi connectivity index (χ4v) is 1.72. The van der Waals surface area contributed by atoms with Gasteiger partial charge in [-0.2, -0.15) is 15.5 Å². The van der Waals surface area contributed by atoms with Crippen LogP contribution < -0.4 is 0 Å². The summed E-state index contributed by atoms with van der Waals surface area (Å²) in [5.41, 5.74) is 2.93. The number of aryl methyl sites for hydroxylation is 1. The van der Waals surface area contributed by atoms with Crippen LogP contribution in [0.4, 0.5) is 0 Å². The molecular weight excluding hydrogens is 210 g/mol. The van der Waals surface area contributed by atoms with E-state index in [-0.39, 0.29) is 5.92 Å². The van der Waals surface area contributed by atoms with Crippen molar-refractivity contribution in [2.24, 2.45) is 0 Å². The Bertz CT molecular complexity index is 511. The predicted octanol–water partition coefficient (Wildman–Crippen LogP) is 2.69. The quantitative estimate of drug-likeness (QED) is 0.803. The van der Waals surface area contributed by atoms with Crippen molar-refractivity contribution in [1.29, 1.82) is 5.26 Å². The standard InChI is InChI=1S/C14H13N3/c1-2-11-5-7-12(8-6-11)13(10-15)14-4-3-9-16-17-14/h3-9,13H,2H2,1H3. The molecule has 0 radical (unpaired) electrons. The summed E-state index contributed by atoms with van der Waals surface area (Å²) in [7, 11) is 0. The van der Waals surface area contributed by atoms with Crippen LogP contribution in [0.2, 0.25) is 0 Å². The van der Waals surface area contributed by atoms with E-state index in [4.69, 9.17) is 0 Å². The van der Waals surface area contributed by atoms with Gasteiger partial charge in [-0.25, -0.2) is 0 Å². The summed E-state index contributed by atoms with van der Waals surface area (Å²) in [6, 6.07) is 14.0. The zero-order chi connectivity index (χ0) is 12.1. The van der Waals surface area contributed by atoms with Gasteiger partial charge in [0.15, 0.2) is 0 Å². The fourth-order valence-electron chi connectivity index (χ4n) is 1.72. The minimum Gasteiger partial charge on any atom is -0.197 e. The maximum absolute atomic E-state index is 9.24. The van der Waals surface area contributed by atoms with Crippen molar-refractivity contribution < 1.29 is 0 Å². The maximum Gasteiger partial charge on any atom is 0.115 e. The van der Waals surface area contributed by atoms with Crippen molar-refractivity contribution in [3.05, 3.63) is 59.4 Å². The molecule has 0 amide bonds. The molecule has 17 heavy (non-hydrogen) atoms. The van der Waals surface area contributed by atoms with Crippen LogP contribution in [0, 0.1) is 11.3 Å². The third-order valence-electron chi connectivity index (χ3n) is 2.74. The molecular formula is C14H13N3. The Hall–Kier alpha value is -2.21. The molecule has 1 aromatic carbocycles. The van der Waals surface area contributed by atoms with E-state index in [0.717, 1.165) is 12.0 Å². The Morgan fingerprint density at radius 2 is 2.00 bits per heavy atom. The van der Waals surface area contributed by atoms with Gasteiger partial charge in [0, 0.05) is 6.20 Å². The number of aromatic nitrogens is 2. The molecule has 1 atom stereocenters. The molecule has 0 spiro atoms. The second-order valence-electron chi connectivity index (χ2n) is 3.81. The van der Waals surface area contributed by atoms with Gasteiger partial charge in [-0.05, 0) is 29.7 Å². The highest BCUT2D eigenvalue weighted by Crippen LogP contribution is 2.22. The highest BCUT2D eigenvalue weighted by atomic mass is 15.1. The van der Waals surface area contributed by atoms with E-state index in [9.17, 15) is 5.26 Å². The van der Waals surface area contributed by atoms with E-state index in [1.807, 2.05) is 18.2 Å². The van der Waals surface area contributed by atoms with Crippen LogP contribution in [-0.2, 0) is 6.42 Å². The Balaban J connectivity index is 2.33. The molecule has 0 N–H and O–H groups in total. The van der Waals surface area contributed by atoms with Gasteiger partial charge in [0.1, 0.15) is 5.92 Å². The molecule has 3 nitrogen and oxygen atoms in total. The zero-order valence-electron chi connectivity index (χ0n) is 9.67. The number of hydrogen-bond acceptors (Lipinski definition) is 3. The van der Waals surface area contributed by atoms with Crippen molar-refractivity contribution in [3.63, 3.8) is 0 Å². The second kappa shape index (κ2) is 5.22. The molecule has 0 saturated carbocycles. The lowest BCUT2D eigenvalue weighted by Gasteiger charge is -2.08. The van der Waals surface area contributed by atoms with Crippen molar-refractivity contribution in [2.45, 2.75) is 19.3 Å². The van der Waals surface area contributed by atoms with Crippen LogP contribution in [-0.4, -0.2) is 10.2 Å². The zero-order valence-corrected chi connectivity index (χ0v) is 9.67. The monoisotopic (exact) mass is 223 g/mol. The van der Waals surface area contributed by atoms with Crippen LogP contribution in [0.5, 0.6) is 0 Å². The summed E-state index contributed by atoms with van der Waals surface area (Å²) >= 11 is 0. The molecule has 0 aliphatic carbocycles. The molecule has 2 rings (SSSR count). The smallest absolute Gasteiger partial charge is 0.115 e. The highest BCUT2D eigenvalue weighted by Gasteiger charge is 2.14. The molecule has 0 aliphatic rings.